The lowest BCUT2D eigenvalue weighted by Gasteiger charge is -2.12. The molecule has 1 aromatic carbocycles. The highest BCUT2D eigenvalue weighted by atomic mass is 32.1. The van der Waals surface area contributed by atoms with Crippen molar-refractivity contribution in [2.24, 2.45) is 0 Å². The van der Waals surface area contributed by atoms with E-state index in [1.54, 1.807) is 6.07 Å². The number of carboxylic acid groups (broad SMARTS) is 1. The van der Waals surface area contributed by atoms with Crippen LogP contribution in [0.4, 0.5) is 0 Å². The van der Waals surface area contributed by atoms with E-state index in [1.807, 2.05) is 18.2 Å². The third kappa shape index (κ3) is 3.05. The third-order valence-corrected chi connectivity index (χ3v) is 6.04. The first-order valence-corrected chi connectivity index (χ1v) is 9.19. The number of rotatable bonds is 5. The average molecular weight is 356 g/mol. The summed E-state index contributed by atoms with van der Waals surface area (Å²) in [5, 5.41) is 9.10. The van der Waals surface area contributed by atoms with Crippen molar-refractivity contribution in [3.63, 3.8) is 0 Å². The summed E-state index contributed by atoms with van der Waals surface area (Å²) < 4.78 is 0. The first kappa shape index (κ1) is 16.6. The molecule has 0 saturated heterocycles. The lowest BCUT2D eigenvalue weighted by Crippen LogP contribution is -1.92. The molecule has 122 valence electrons. The van der Waals surface area contributed by atoms with Crippen molar-refractivity contribution in [3.05, 3.63) is 57.3 Å². The summed E-state index contributed by atoms with van der Waals surface area (Å²) in [6.45, 7) is 4.16. The van der Waals surface area contributed by atoms with Crippen molar-refractivity contribution in [2.75, 3.05) is 0 Å². The Hall–Kier alpha value is -2.24. The van der Waals surface area contributed by atoms with Gasteiger partial charge in [-0.1, -0.05) is 6.92 Å². The molecule has 0 aliphatic carbocycles. The van der Waals surface area contributed by atoms with E-state index in [9.17, 15) is 9.59 Å². The Morgan fingerprint density at radius 2 is 1.88 bits per heavy atom. The number of carbonyl (C=O) groups excluding carboxylic acids is 1. The molecule has 0 spiro atoms. The Balaban J connectivity index is 2.10. The molecule has 0 radical (unpaired) electrons. The van der Waals surface area contributed by atoms with Crippen LogP contribution in [0, 0.1) is 6.92 Å². The van der Waals surface area contributed by atoms with Crippen molar-refractivity contribution in [2.45, 2.75) is 20.3 Å². The summed E-state index contributed by atoms with van der Waals surface area (Å²) in [5.74, 6) is -0.893. The maximum Gasteiger partial charge on any atom is 0.345 e. The molecular formula is C19H16O3S2. The van der Waals surface area contributed by atoms with Gasteiger partial charge in [0.1, 0.15) is 4.88 Å². The van der Waals surface area contributed by atoms with E-state index in [4.69, 9.17) is 5.11 Å². The van der Waals surface area contributed by atoms with Gasteiger partial charge in [-0.3, -0.25) is 4.79 Å². The molecule has 0 unspecified atom stereocenters. The molecule has 2 aromatic heterocycles. The van der Waals surface area contributed by atoms with Gasteiger partial charge in [0.05, 0.1) is 4.88 Å². The van der Waals surface area contributed by atoms with E-state index < -0.39 is 5.97 Å². The van der Waals surface area contributed by atoms with Crippen LogP contribution in [0.25, 0.3) is 20.9 Å². The van der Waals surface area contributed by atoms with Crippen molar-refractivity contribution in [3.8, 4) is 20.9 Å². The predicted molar refractivity (Wildman–Crippen MR) is 99.5 cm³/mol. The maximum atomic E-state index is 11.1. The van der Waals surface area contributed by atoms with Gasteiger partial charge in [0.25, 0.3) is 0 Å². The molecule has 2 heterocycles. The molecule has 0 aliphatic heterocycles. The van der Waals surface area contributed by atoms with Crippen molar-refractivity contribution in [1.82, 2.24) is 0 Å². The van der Waals surface area contributed by atoms with E-state index in [0.29, 0.717) is 4.88 Å². The van der Waals surface area contributed by atoms with Gasteiger partial charge in [0.2, 0.25) is 0 Å². The summed E-state index contributed by atoms with van der Waals surface area (Å²) in [6, 6.07) is 11.6. The maximum absolute atomic E-state index is 11.1. The predicted octanol–water partition coefficient (Wildman–Crippen LogP) is 5.53. The van der Waals surface area contributed by atoms with Crippen LogP contribution in [0.3, 0.4) is 0 Å². The minimum atomic E-state index is -0.893. The van der Waals surface area contributed by atoms with Crippen LogP contribution >= 0.6 is 22.7 Å². The SMILES string of the molecule is CCc1cc(-c2ccc(C(=O)O)s2)cc(C)c1-c1ccc(C=O)s1. The van der Waals surface area contributed by atoms with Crippen LogP contribution in [0.1, 0.15) is 37.4 Å². The van der Waals surface area contributed by atoms with Crippen molar-refractivity contribution >= 4 is 34.9 Å². The van der Waals surface area contributed by atoms with Gasteiger partial charge in [-0.25, -0.2) is 4.79 Å². The smallest absolute Gasteiger partial charge is 0.345 e. The largest absolute Gasteiger partial charge is 0.477 e. The molecule has 0 bridgehead atoms. The van der Waals surface area contributed by atoms with Crippen molar-refractivity contribution in [1.29, 1.82) is 0 Å². The standard InChI is InChI=1S/C19H16O3S2/c1-3-12-9-13(15-6-7-17(24-15)19(21)22)8-11(2)18(12)16-5-4-14(10-20)23-16/h4-10H,3H2,1-2H3,(H,21,22). The van der Waals surface area contributed by atoms with Gasteiger partial charge < -0.3 is 5.11 Å². The highest BCUT2D eigenvalue weighted by Gasteiger charge is 2.14. The molecule has 0 amide bonds. The summed E-state index contributed by atoms with van der Waals surface area (Å²) in [6.07, 6.45) is 1.75. The Bertz CT molecular complexity index is 919. The zero-order chi connectivity index (χ0) is 17.3. The van der Waals surface area contributed by atoms with Gasteiger partial charge in [-0.15, -0.1) is 22.7 Å². The number of aryl methyl sites for hydroxylation is 2. The van der Waals surface area contributed by atoms with Crippen LogP contribution in [-0.4, -0.2) is 17.4 Å². The lowest BCUT2D eigenvalue weighted by atomic mass is 9.95. The zero-order valence-electron chi connectivity index (χ0n) is 13.3. The lowest BCUT2D eigenvalue weighted by molar-refractivity contribution is 0.0702. The number of hydrogen-bond donors (Lipinski definition) is 1. The van der Waals surface area contributed by atoms with E-state index in [1.165, 1.54) is 33.8 Å². The average Bonchev–Trinajstić information content (AvgIpc) is 3.23. The molecule has 3 rings (SSSR count). The fourth-order valence-corrected chi connectivity index (χ4v) is 4.59. The number of carbonyl (C=O) groups is 2. The van der Waals surface area contributed by atoms with Gasteiger partial charge in [-0.05, 0) is 72.0 Å². The Kier molecular flexibility index (Phi) is 4.64. The second-order valence-electron chi connectivity index (χ2n) is 5.47. The molecule has 5 heteroatoms. The Morgan fingerprint density at radius 3 is 2.46 bits per heavy atom. The molecule has 0 fully saturated rings. The van der Waals surface area contributed by atoms with Crippen LogP contribution in [0.5, 0.6) is 0 Å². The number of aromatic carboxylic acids is 1. The highest BCUT2D eigenvalue weighted by molar-refractivity contribution is 7.17. The normalized spacial score (nSPS) is 10.8. The molecule has 3 nitrogen and oxygen atoms in total. The minimum absolute atomic E-state index is 0.346. The number of hydrogen-bond acceptors (Lipinski definition) is 4. The van der Waals surface area contributed by atoms with Gasteiger partial charge in [0.15, 0.2) is 6.29 Å². The quantitative estimate of drug-likeness (QED) is 0.612. The molecule has 0 atom stereocenters. The fraction of sp³-hybridized carbons (Fsp3) is 0.158. The molecule has 0 aliphatic rings. The van der Waals surface area contributed by atoms with Crippen LogP contribution in [0.15, 0.2) is 36.4 Å². The van der Waals surface area contributed by atoms with E-state index in [0.717, 1.165) is 38.5 Å². The monoisotopic (exact) mass is 356 g/mol. The number of thiophene rings is 2. The second-order valence-corrected chi connectivity index (χ2v) is 7.67. The Morgan fingerprint density at radius 1 is 1.12 bits per heavy atom. The molecular weight excluding hydrogens is 340 g/mol. The second kappa shape index (κ2) is 6.71. The molecule has 24 heavy (non-hydrogen) atoms. The summed E-state index contributed by atoms with van der Waals surface area (Å²) in [7, 11) is 0. The van der Waals surface area contributed by atoms with Crippen molar-refractivity contribution < 1.29 is 14.7 Å². The van der Waals surface area contributed by atoms with Crippen LogP contribution < -0.4 is 0 Å². The summed E-state index contributed by atoms with van der Waals surface area (Å²) in [4.78, 5) is 25.2. The van der Waals surface area contributed by atoms with E-state index in [2.05, 4.69) is 26.0 Å². The van der Waals surface area contributed by atoms with Gasteiger partial charge >= 0.3 is 5.97 Å². The molecule has 0 saturated carbocycles. The first-order chi connectivity index (χ1) is 11.5. The third-order valence-electron chi connectivity index (χ3n) is 3.89. The number of benzene rings is 1. The first-order valence-electron chi connectivity index (χ1n) is 7.56. The topological polar surface area (TPSA) is 54.4 Å². The fourth-order valence-electron chi connectivity index (χ4n) is 2.79. The summed E-state index contributed by atoms with van der Waals surface area (Å²) in [5.41, 5.74) is 4.55. The van der Waals surface area contributed by atoms with Crippen LogP contribution in [0.2, 0.25) is 0 Å². The van der Waals surface area contributed by atoms with Gasteiger partial charge in [-0.2, -0.15) is 0 Å². The Labute approximate surface area is 148 Å². The minimum Gasteiger partial charge on any atom is -0.477 e. The highest BCUT2D eigenvalue weighted by Crippen LogP contribution is 2.38. The zero-order valence-corrected chi connectivity index (χ0v) is 15.0. The van der Waals surface area contributed by atoms with E-state index >= 15 is 0 Å². The molecule has 3 aromatic rings. The molecule has 1 N–H and O–H groups in total. The van der Waals surface area contributed by atoms with E-state index in [-0.39, 0.29) is 0 Å². The number of aldehydes is 1. The number of carboxylic acids is 1. The van der Waals surface area contributed by atoms with Gasteiger partial charge in [0, 0.05) is 9.75 Å². The van der Waals surface area contributed by atoms with Crippen LogP contribution in [-0.2, 0) is 6.42 Å². The summed E-state index contributed by atoms with van der Waals surface area (Å²) >= 11 is 2.78.